The van der Waals surface area contributed by atoms with Crippen molar-refractivity contribution in [2.75, 3.05) is 0 Å². The van der Waals surface area contributed by atoms with Crippen LogP contribution in [0, 0.1) is 5.82 Å². The molecule has 2 N–H and O–H groups in total. The van der Waals surface area contributed by atoms with Crippen molar-refractivity contribution in [1.29, 1.82) is 0 Å². The Morgan fingerprint density at radius 1 is 1.33 bits per heavy atom. The molecule has 0 bridgehead atoms. The molecule has 2 aromatic rings. The van der Waals surface area contributed by atoms with Gasteiger partial charge < -0.3 is 10.5 Å². The average Bonchev–Trinajstić information content (AvgIpc) is 2.31. The van der Waals surface area contributed by atoms with Crippen LogP contribution < -0.4 is 10.5 Å². The number of pyridine rings is 1. The van der Waals surface area contributed by atoms with Gasteiger partial charge in [0.15, 0.2) is 0 Å². The van der Waals surface area contributed by atoms with E-state index in [4.69, 9.17) is 10.5 Å². The third-order valence-electron chi connectivity index (χ3n) is 2.37. The van der Waals surface area contributed by atoms with E-state index in [1.54, 1.807) is 31.5 Å². The highest BCUT2D eigenvalue weighted by molar-refractivity contribution is 9.10. The van der Waals surface area contributed by atoms with Gasteiger partial charge in [0.25, 0.3) is 0 Å². The molecule has 0 fully saturated rings. The standard InChI is InChI=1S/C13H12BrFN2O/c1-8(16)12-5-10(15)2-3-13(12)18-11-4-9(14)6-17-7-11/h2-8H,16H2,1H3. The van der Waals surface area contributed by atoms with Crippen molar-refractivity contribution >= 4 is 15.9 Å². The molecule has 0 saturated heterocycles. The zero-order valence-corrected chi connectivity index (χ0v) is 11.3. The molecule has 1 aromatic heterocycles. The fraction of sp³-hybridized carbons (Fsp3) is 0.154. The van der Waals surface area contributed by atoms with Crippen molar-refractivity contribution in [2.45, 2.75) is 13.0 Å². The largest absolute Gasteiger partial charge is 0.455 e. The minimum absolute atomic E-state index is 0.309. The second kappa shape index (κ2) is 5.46. The Hall–Kier alpha value is -1.46. The van der Waals surface area contributed by atoms with Crippen molar-refractivity contribution in [3.63, 3.8) is 0 Å². The summed E-state index contributed by atoms with van der Waals surface area (Å²) in [6, 6.07) is 5.75. The SMILES string of the molecule is CC(N)c1cc(F)ccc1Oc1cncc(Br)c1. The maximum Gasteiger partial charge on any atom is 0.146 e. The van der Waals surface area contributed by atoms with E-state index in [-0.39, 0.29) is 11.9 Å². The number of nitrogens with zero attached hydrogens (tertiary/aromatic N) is 1. The maximum atomic E-state index is 13.2. The molecule has 1 atom stereocenters. The van der Waals surface area contributed by atoms with Gasteiger partial charge in [-0.15, -0.1) is 0 Å². The van der Waals surface area contributed by atoms with Gasteiger partial charge in [-0.2, -0.15) is 0 Å². The monoisotopic (exact) mass is 310 g/mol. The van der Waals surface area contributed by atoms with Crippen LogP contribution >= 0.6 is 15.9 Å². The first-order valence-corrected chi connectivity index (χ1v) is 6.19. The van der Waals surface area contributed by atoms with Gasteiger partial charge in [-0.3, -0.25) is 4.98 Å². The molecule has 94 valence electrons. The summed E-state index contributed by atoms with van der Waals surface area (Å²) >= 11 is 3.31. The van der Waals surface area contributed by atoms with E-state index in [1.165, 1.54) is 12.1 Å². The van der Waals surface area contributed by atoms with Gasteiger partial charge in [-0.25, -0.2) is 4.39 Å². The summed E-state index contributed by atoms with van der Waals surface area (Å²) < 4.78 is 19.7. The second-order valence-corrected chi connectivity index (χ2v) is 4.83. The van der Waals surface area contributed by atoms with E-state index in [2.05, 4.69) is 20.9 Å². The molecule has 5 heteroatoms. The first-order valence-electron chi connectivity index (χ1n) is 5.39. The fourth-order valence-electron chi connectivity index (χ4n) is 1.54. The van der Waals surface area contributed by atoms with Crippen molar-refractivity contribution < 1.29 is 9.13 Å². The highest BCUT2D eigenvalue weighted by Crippen LogP contribution is 2.30. The van der Waals surface area contributed by atoms with Gasteiger partial charge in [0, 0.05) is 22.3 Å². The first kappa shape index (κ1) is 13.0. The molecule has 1 aromatic carbocycles. The molecular weight excluding hydrogens is 299 g/mol. The number of nitrogens with two attached hydrogens (primary N) is 1. The summed E-state index contributed by atoms with van der Waals surface area (Å²) in [6.45, 7) is 1.78. The second-order valence-electron chi connectivity index (χ2n) is 3.91. The predicted molar refractivity (Wildman–Crippen MR) is 71.0 cm³/mol. The molecular formula is C13H12BrFN2O. The molecule has 0 aliphatic rings. The lowest BCUT2D eigenvalue weighted by molar-refractivity contribution is 0.466. The molecule has 0 radical (unpaired) electrons. The Morgan fingerprint density at radius 3 is 2.78 bits per heavy atom. The Kier molecular flexibility index (Phi) is 3.93. The van der Waals surface area contributed by atoms with Crippen LogP contribution in [0.25, 0.3) is 0 Å². The summed E-state index contributed by atoms with van der Waals surface area (Å²) in [4.78, 5) is 4.00. The topological polar surface area (TPSA) is 48.1 Å². The summed E-state index contributed by atoms with van der Waals surface area (Å²) in [6.07, 6.45) is 3.24. The number of benzene rings is 1. The fourth-order valence-corrected chi connectivity index (χ4v) is 1.89. The Morgan fingerprint density at radius 2 is 2.11 bits per heavy atom. The number of aromatic nitrogens is 1. The van der Waals surface area contributed by atoms with Gasteiger partial charge in [0.2, 0.25) is 0 Å². The van der Waals surface area contributed by atoms with Gasteiger partial charge in [0.05, 0.1) is 6.20 Å². The number of rotatable bonds is 3. The predicted octanol–water partition coefficient (Wildman–Crippen LogP) is 3.80. The molecule has 1 unspecified atom stereocenters. The molecule has 0 aliphatic heterocycles. The molecule has 18 heavy (non-hydrogen) atoms. The van der Waals surface area contributed by atoms with E-state index < -0.39 is 0 Å². The Balaban J connectivity index is 2.34. The van der Waals surface area contributed by atoms with E-state index in [0.29, 0.717) is 17.1 Å². The zero-order valence-electron chi connectivity index (χ0n) is 9.73. The summed E-state index contributed by atoms with van der Waals surface area (Å²) in [5.74, 6) is 0.770. The summed E-state index contributed by atoms with van der Waals surface area (Å²) in [7, 11) is 0. The minimum atomic E-state index is -0.331. The highest BCUT2D eigenvalue weighted by Gasteiger charge is 2.10. The van der Waals surface area contributed by atoms with E-state index >= 15 is 0 Å². The lowest BCUT2D eigenvalue weighted by Crippen LogP contribution is -2.07. The van der Waals surface area contributed by atoms with E-state index in [9.17, 15) is 4.39 Å². The maximum absolute atomic E-state index is 13.2. The highest BCUT2D eigenvalue weighted by atomic mass is 79.9. The zero-order chi connectivity index (χ0) is 13.1. The van der Waals surface area contributed by atoms with E-state index in [0.717, 1.165) is 4.47 Å². The summed E-state index contributed by atoms with van der Waals surface area (Å²) in [5.41, 5.74) is 6.42. The van der Waals surface area contributed by atoms with Crippen LogP contribution in [0.2, 0.25) is 0 Å². The molecule has 0 spiro atoms. The number of halogens is 2. The number of ether oxygens (including phenoxy) is 1. The minimum Gasteiger partial charge on any atom is -0.455 e. The normalized spacial score (nSPS) is 12.2. The lowest BCUT2D eigenvalue weighted by atomic mass is 10.1. The number of hydrogen-bond acceptors (Lipinski definition) is 3. The third-order valence-corrected chi connectivity index (χ3v) is 2.80. The Bertz CT molecular complexity index is 560. The van der Waals surface area contributed by atoms with Crippen LogP contribution in [-0.2, 0) is 0 Å². The summed E-state index contributed by atoms with van der Waals surface area (Å²) in [5, 5.41) is 0. The van der Waals surface area contributed by atoms with Gasteiger partial charge >= 0.3 is 0 Å². The first-order chi connectivity index (χ1) is 8.56. The molecule has 0 saturated carbocycles. The van der Waals surface area contributed by atoms with Gasteiger partial charge in [-0.1, -0.05) is 0 Å². The molecule has 0 amide bonds. The smallest absolute Gasteiger partial charge is 0.146 e. The molecule has 0 aliphatic carbocycles. The van der Waals surface area contributed by atoms with Crippen molar-refractivity contribution in [2.24, 2.45) is 5.73 Å². The number of hydrogen-bond donors (Lipinski definition) is 1. The quantitative estimate of drug-likeness (QED) is 0.938. The van der Waals surface area contributed by atoms with Crippen molar-refractivity contribution in [3.8, 4) is 11.5 Å². The van der Waals surface area contributed by atoms with Crippen LogP contribution in [0.5, 0.6) is 11.5 Å². The van der Waals surface area contributed by atoms with Crippen LogP contribution in [0.3, 0.4) is 0 Å². The third kappa shape index (κ3) is 3.05. The van der Waals surface area contributed by atoms with Crippen molar-refractivity contribution in [1.82, 2.24) is 4.98 Å². The van der Waals surface area contributed by atoms with Crippen LogP contribution in [-0.4, -0.2) is 4.98 Å². The molecule has 1 heterocycles. The lowest BCUT2D eigenvalue weighted by Gasteiger charge is -2.13. The van der Waals surface area contributed by atoms with E-state index in [1.807, 2.05) is 0 Å². The average molecular weight is 311 g/mol. The Labute approximate surface area is 113 Å². The molecule has 3 nitrogen and oxygen atoms in total. The van der Waals surface area contributed by atoms with Crippen LogP contribution in [0.15, 0.2) is 41.1 Å². The van der Waals surface area contributed by atoms with Gasteiger partial charge in [-0.05, 0) is 47.1 Å². The molecule has 2 rings (SSSR count). The van der Waals surface area contributed by atoms with Crippen molar-refractivity contribution in [3.05, 3.63) is 52.5 Å². The van der Waals surface area contributed by atoms with Crippen LogP contribution in [0.4, 0.5) is 4.39 Å². The van der Waals surface area contributed by atoms with Crippen LogP contribution in [0.1, 0.15) is 18.5 Å². The van der Waals surface area contributed by atoms with Gasteiger partial charge in [0.1, 0.15) is 17.3 Å².